The van der Waals surface area contributed by atoms with E-state index >= 15 is 0 Å². The van der Waals surface area contributed by atoms with Crippen LogP contribution < -0.4 is 4.74 Å². The van der Waals surface area contributed by atoms with Gasteiger partial charge in [0.2, 0.25) is 0 Å². The van der Waals surface area contributed by atoms with Crippen molar-refractivity contribution >= 4 is 17.8 Å². The fourth-order valence-electron chi connectivity index (χ4n) is 1.50. The molecule has 0 radical (unpaired) electrons. The Kier molecular flexibility index (Phi) is 3.87. The van der Waals surface area contributed by atoms with Crippen LogP contribution in [0.1, 0.15) is 11.3 Å². The second kappa shape index (κ2) is 5.77. The molecular formula is C14H12N2O3. The van der Waals surface area contributed by atoms with Crippen LogP contribution in [-0.2, 0) is 0 Å². The van der Waals surface area contributed by atoms with Crippen molar-refractivity contribution in [3.05, 3.63) is 64.0 Å². The van der Waals surface area contributed by atoms with E-state index in [1.807, 2.05) is 30.3 Å². The van der Waals surface area contributed by atoms with Crippen LogP contribution in [0, 0.1) is 10.1 Å². The minimum atomic E-state index is -0.468. The molecule has 0 saturated heterocycles. The highest BCUT2D eigenvalue weighted by Crippen LogP contribution is 2.14. The Labute approximate surface area is 110 Å². The van der Waals surface area contributed by atoms with Crippen molar-refractivity contribution in [1.29, 1.82) is 0 Å². The first-order valence-electron chi connectivity index (χ1n) is 5.61. The van der Waals surface area contributed by atoms with Gasteiger partial charge in [-0.15, -0.1) is 0 Å². The Morgan fingerprint density at radius 2 is 1.89 bits per heavy atom. The smallest absolute Gasteiger partial charge is 0.287 e. The predicted octanol–water partition coefficient (Wildman–Crippen LogP) is 3.17. The van der Waals surface area contributed by atoms with Crippen LogP contribution >= 0.6 is 0 Å². The summed E-state index contributed by atoms with van der Waals surface area (Å²) in [5.74, 6) is 0.797. The van der Waals surface area contributed by atoms with Gasteiger partial charge in [-0.3, -0.25) is 10.1 Å². The molecule has 0 atom stereocenters. The molecule has 0 fully saturated rings. The van der Waals surface area contributed by atoms with Gasteiger partial charge in [0.25, 0.3) is 5.69 Å². The third-order valence-corrected chi connectivity index (χ3v) is 2.54. The minimum Gasteiger partial charge on any atom is -0.497 e. The van der Waals surface area contributed by atoms with E-state index in [0.717, 1.165) is 11.3 Å². The summed E-state index contributed by atoms with van der Waals surface area (Å²) in [7, 11) is 1.62. The third kappa shape index (κ3) is 3.38. The summed E-state index contributed by atoms with van der Waals surface area (Å²) < 4.78 is 5.07. The number of aromatic nitrogens is 1. The Hall–Kier alpha value is -2.69. The standard InChI is InChI=1S/C14H12N2O3/c1-19-14-8-3-11(4-9-14)2-5-12-6-7-13(10-15-12)16(17)18/h2-10H,1H3. The van der Waals surface area contributed by atoms with Gasteiger partial charge in [-0.1, -0.05) is 18.2 Å². The second-order valence-electron chi connectivity index (χ2n) is 3.80. The van der Waals surface area contributed by atoms with E-state index in [-0.39, 0.29) is 5.69 Å². The van der Waals surface area contributed by atoms with Gasteiger partial charge in [-0.05, 0) is 29.8 Å². The molecule has 0 aliphatic heterocycles. The van der Waals surface area contributed by atoms with E-state index in [0.29, 0.717) is 5.69 Å². The highest BCUT2D eigenvalue weighted by atomic mass is 16.6. The van der Waals surface area contributed by atoms with Gasteiger partial charge in [-0.25, -0.2) is 4.98 Å². The van der Waals surface area contributed by atoms with Crippen LogP contribution in [0.3, 0.4) is 0 Å². The summed E-state index contributed by atoms with van der Waals surface area (Å²) in [6, 6.07) is 10.6. The van der Waals surface area contributed by atoms with Crippen molar-refractivity contribution in [2.45, 2.75) is 0 Å². The number of hydrogen-bond acceptors (Lipinski definition) is 4. The average Bonchev–Trinajstić information content (AvgIpc) is 2.46. The van der Waals surface area contributed by atoms with E-state index in [1.54, 1.807) is 19.3 Å². The normalized spacial score (nSPS) is 10.6. The van der Waals surface area contributed by atoms with Crippen LogP contribution in [0.15, 0.2) is 42.6 Å². The van der Waals surface area contributed by atoms with Crippen LogP contribution in [0.25, 0.3) is 12.2 Å². The molecular weight excluding hydrogens is 244 g/mol. The predicted molar refractivity (Wildman–Crippen MR) is 72.8 cm³/mol. The maximum absolute atomic E-state index is 10.5. The average molecular weight is 256 g/mol. The molecule has 0 N–H and O–H groups in total. The molecule has 0 unspecified atom stereocenters. The van der Waals surface area contributed by atoms with E-state index in [9.17, 15) is 10.1 Å². The zero-order valence-electron chi connectivity index (χ0n) is 10.3. The van der Waals surface area contributed by atoms with Gasteiger partial charge < -0.3 is 4.74 Å². The highest BCUT2D eigenvalue weighted by molar-refractivity contribution is 5.68. The Morgan fingerprint density at radius 3 is 2.42 bits per heavy atom. The first-order chi connectivity index (χ1) is 9.19. The van der Waals surface area contributed by atoms with Gasteiger partial charge in [0.05, 0.1) is 17.7 Å². The van der Waals surface area contributed by atoms with Crippen LogP contribution in [-0.4, -0.2) is 17.0 Å². The molecule has 2 rings (SSSR count). The number of pyridine rings is 1. The number of nitrogens with zero attached hydrogens (tertiary/aromatic N) is 2. The van der Waals surface area contributed by atoms with Crippen LogP contribution in [0.5, 0.6) is 5.75 Å². The van der Waals surface area contributed by atoms with Gasteiger partial charge in [0, 0.05) is 6.07 Å². The lowest BCUT2D eigenvalue weighted by Crippen LogP contribution is -1.89. The quantitative estimate of drug-likeness (QED) is 0.622. The first kappa shape index (κ1) is 12.8. The molecule has 1 aromatic carbocycles. The lowest BCUT2D eigenvalue weighted by atomic mass is 10.2. The monoisotopic (exact) mass is 256 g/mol. The number of hydrogen-bond donors (Lipinski definition) is 0. The number of rotatable bonds is 4. The van der Waals surface area contributed by atoms with Crippen LogP contribution in [0.2, 0.25) is 0 Å². The zero-order chi connectivity index (χ0) is 13.7. The van der Waals surface area contributed by atoms with Crippen molar-refractivity contribution in [1.82, 2.24) is 4.98 Å². The van der Waals surface area contributed by atoms with Crippen molar-refractivity contribution in [3.8, 4) is 5.75 Å². The van der Waals surface area contributed by atoms with Crippen molar-refractivity contribution in [2.75, 3.05) is 7.11 Å². The first-order valence-corrected chi connectivity index (χ1v) is 5.61. The highest BCUT2D eigenvalue weighted by Gasteiger charge is 2.03. The van der Waals surface area contributed by atoms with Gasteiger partial charge in [0.15, 0.2) is 0 Å². The third-order valence-electron chi connectivity index (χ3n) is 2.54. The molecule has 0 spiro atoms. The molecule has 0 bridgehead atoms. The summed E-state index contributed by atoms with van der Waals surface area (Å²) >= 11 is 0. The summed E-state index contributed by atoms with van der Waals surface area (Å²) in [5.41, 5.74) is 1.66. The molecule has 1 aromatic heterocycles. The van der Waals surface area contributed by atoms with E-state index in [2.05, 4.69) is 4.98 Å². The number of benzene rings is 1. The van der Waals surface area contributed by atoms with Gasteiger partial charge >= 0.3 is 0 Å². The van der Waals surface area contributed by atoms with E-state index < -0.39 is 4.92 Å². The molecule has 19 heavy (non-hydrogen) atoms. The topological polar surface area (TPSA) is 65.3 Å². The Bertz CT molecular complexity index is 589. The Balaban J connectivity index is 2.10. The molecule has 0 amide bonds. The number of ether oxygens (including phenoxy) is 1. The number of nitro groups is 1. The lowest BCUT2D eigenvalue weighted by molar-refractivity contribution is -0.385. The van der Waals surface area contributed by atoms with E-state index in [4.69, 9.17) is 4.74 Å². The summed E-state index contributed by atoms with van der Waals surface area (Å²) in [6.45, 7) is 0. The molecule has 0 aliphatic carbocycles. The van der Waals surface area contributed by atoms with Gasteiger partial charge in [-0.2, -0.15) is 0 Å². The molecule has 5 nitrogen and oxygen atoms in total. The van der Waals surface area contributed by atoms with E-state index in [1.165, 1.54) is 12.3 Å². The zero-order valence-corrected chi connectivity index (χ0v) is 10.3. The van der Waals surface area contributed by atoms with Crippen molar-refractivity contribution in [3.63, 3.8) is 0 Å². The molecule has 2 aromatic rings. The minimum absolute atomic E-state index is 0.0124. The SMILES string of the molecule is COc1ccc(C=Cc2ccc([N+](=O)[O-])cn2)cc1. The molecule has 0 aliphatic rings. The summed E-state index contributed by atoms with van der Waals surface area (Å²) in [4.78, 5) is 14.0. The molecule has 96 valence electrons. The van der Waals surface area contributed by atoms with Crippen LogP contribution in [0.4, 0.5) is 5.69 Å². The van der Waals surface area contributed by atoms with Gasteiger partial charge in [0.1, 0.15) is 11.9 Å². The summed E-state index contributed by atoms with van der Waals surface area (Å²) in [6.07, 6.45) is 4.92. The molecule has 0 saturated carbocycles. The van der Waals surface area contributed by atoms with Crippen molar-refractivity contribution in [2.24, 2.45) is 0 Å². The fraction of sp³-hybridized carbons (Fsp3) is 0.0714. The molecule has 5 heteroatoms. The largest absolute Gasteiger partial charge is 0.497 e. The number of methoxy groups -OCH3 is 1. The summed E-state index contributed by atoms with van der Waals surface area (Å²) in [5, 5.41) is 10.5. The fourth-order valence-corrected chi connectivity index (χ4v) is 1.50. The van der Waals surface area contributed by atoms with Crippen molar-refractivity contribution < 1.29 is 9.66 Å². The lowest BCUT2D eigenvalue weighted by Gasteiger charge is -1.99. The molecule has 1 heterocycles. The second-order valence-corrected chi connectivity index (χ2v) is 3.80. The Morgan fingerprint density at radius 1 is 1.16 bits per heavy atom. The maximum atomic E-state index is 10.5. The maximum Gasteiger partial charge on any atom is 0.287 e.